The quantitative estimate of drug-likeness (QED) is 0.756. The minimum atomic E-state index is -4.05. The molecule has 18 heavy (non-hydrogen) atoms. The van der Waals surface area contributed by atoms with Crippen molar-refractivity contribution in [3.8, 4) is 0 Å². The molecule has 2 nitrogen and oxygen atoms in total. The van der Waals surface area contributed by atoms with Crippen LogP contribution in [0.25, 0.3) is 0 Å². The minimum absolute atomic E-state index is 0.535. The number of halogens is 3. The van der Waals surface area contributed by atoms with Gasteiger partial charge in [-0.15, -0.1) is 0 Å². The first-order chi connectivity index (χ1) is 8.42. The smallest absolute Gasteiger partial charge is 0.301 e. The number of nitrogens with zero attached hydrogens (tertiary/aromatic N) is 2. The minimum Gasteiger partial charge on any atom is -0.301 e. The number of likely N-dealkylation sites (N-methyl/N-ethyl adjacent to an activating group) is 1. The third-order valence-corrected chi connectivity index (χ3v) is 2.32. The Balaban J connectivity index is 0. The van der Waals surface area contributed by atoms with Gasteiger partial charge in [0.1, 0.15) is 0 Å². The maximum atomic E-state index is 12.0. The third kappa shape index (κ3) is 12.2. The Morgan fingerprint density at radius 1 is 0.833 bits per heavy atom. The van der Waals surface area contributed by atoms with E-state index in [9.17, 15) is 13.2 Å². The lowest BCUT2D eigenvalue weighted by molar-refractivity contribution is -0.149. The summed E-state index contributed by atoms with van der Waals surface area (Å²) in [4.78, 5) is 3.62. The van der Waals surface area contributed by atoms with E-state index in [0.717, 1.165) is 19.6 Å². The molecule has 0 saturated carbocycles. The van der Waals surface area contributed by atoms with Crippen LogP contribution in [0.2, 0.25) is 0 Å². The lowest BCUT2D eigenvalue weighted by Gasteiger charge is -2.34. The first-order valence-corrected chi connectivity index (χ1v) is 6.94. The summed E-state index contributed by atoms with van der Waals surface area (Å²) < 4.78 is 35.9. The normalized spacial score (nSPS) is 17.3. The van der Waals surface area contributed by atoms with Crippen molar-refractivity contribution in [1.29, 1.82) is 0 Å². The molecule has 5 heteroatoms. The SMILES string of the molecule is CC.CCC.CCN1CCN(CC(F)(F)F)CC1. The molecule has 0 aromatic heterocycles. The summed E-state index contributed by atoms with van der Waals surface area (Å²) >= 11 is 0. The van der Waals surface area contributed by atoms with Gasteiger partial charge in [0.2, 0.25) is 0 Å². The third-order valence-electron chi connectivity index (χ3n) is 2.32. The van der Waals surface area contributed by atoms with Gasteiger partial charge in [-0.2, -0.15) is 13.2 Å². The molecule has 1 rings (SSSR count). The Labute approximate surface area is 110 Å². The number of alkyl halides is 3. The van der Waals surface area contributed by atoms with Crippen LogP contribution in [-0.4, -0.2) is 55.2 Å². The van der Waals surface area contributed by atoms with Crippen LogP contribution in [0.3, 0.4) is 0 Å². The van der Waals surface area contributed by atoms with Crippen molar-refractivity contribution in [2.75, 3.05) is 39.3 Å². The molecule has 0 spiro atoms. The predicted molar refractivity (Wildman–Crippen MR) is 71.9 cm³/mol. The monoisotopic (exact) mass is 270 g/mol. The summed E-state index contributed by atoms with van der Waals surface area (Å²) in [6, 6.07) is 0. The topological polar surface area (TPSA) is 6.48 Å². The molecule has 1 saturated heterocycles. The van der Waals surface area contributed by atoms with Crippen molar-refractivity contribution in [2.45, 2.75) is 47.2 Å². The van der Waals surface area contributed by atoms with Crippen LogP contribution < -0.4 is 0 Å². The molecule has 1 fully saturated rings. The zero-order chi connectivity index (χ0) is 14.6. The van der Waals surface area contributed by atoms with Crippen LogP contribution in [-0.2, 0) is 0 Å². The molecule has 0 amide bonds. The molecule has 0 radical (unpaired) electrons. The fraction of sp³-hybridized carbons (Fsp3) is 1.00. The fourth-order valence-electron chi connectivity index (χ4n) is 1.52. The molecular weight excluding hydrogens is 241 g/mol. The highest BCUT2D eigenvalue weighted by molar-refractivity contribution is 4.72. The fourth-order valence-corrected chi connectivity index (χ4v) is 1.52. The van der Waals surface area contributed by atoms with Gasteiger partial charge in [0.15, 0.2) is 0 Å². The van der Waals surface area contributed by atoms with Gasteiger partial charge in [-0.25, -0.2) is 0 Å². The molecule has 0 bridgehead atoms. The summed E-state index contributed by atoms with van der Waals surface area (Å²) in [6.45, 7) is 13.0. The van der Waals surface area contributed by atoms with Crippen molar-refractivity contribution >= 4 is 0 Å². The van der Waals surface area contributed by atoms with E-state index in [2.05, 4.69) is 18.7 Å². The molecule has 0 N–H and O–H groups in total. The highest BCUT2D eigenvalue weighted by Crippen LogP contribution is 2.17. The highest BCUT2D eigenvalue weighted by Gasteiger charge is 2.31. The lowest BCUT2D eigenvalue weighted by Crippen LogP contribution is -2.48. The predicted octanol–water partition coefficient (Wildman–Crippen LogP) is 3.63. The van der Waals surface area contributed by atoms with Crippen LogP contribution in [0, 0.1) is 0 Å². The van der Waals surface area contributed by atoms with Crippen molar-refractivity contribution in [1.82, 2.24) is 9.80 Å². The second-order valence-electron chi connectivity index (χ2n) is 4.03. The maximum absolute atomic E-state index is 12.0. The average molecular weight is 270 g/mol. The number of hydrogen-bond donors (Lipinski definition) is 0. The summed E-state index contributed by atoms with van der Waals surface area (Å²) in [6.07, 6.45) is -2.80. The lowest BCUT2D eigenvalue weighted by atomic mass is 10.3. The van der Waals surface area contributed by atoms with E-state index < -0.39 is 12.7 Å². The van der Waals surface area contributed by atoms with Crippen molar-refractivity contribution in [3.63, 3.8) is 0 Å². The second-order valence-corrected chi connectivity index (χ2v) is 4.03. The van der Waals surface area contributed by atoms with Crippen LogP contribution in [0.1, 0.15) is 41.0 Å². The zero-order valence-corrected chi connectivity index (χ0v) is 12.5. The molecule has 112 valence electrons. The van der Waals surface area contributed by atoms with E-state index in [4.69, 9.17) is 0 Å². The first kappa shape index (κ1) is 20.0. The van der Waals surface area contributed by atoms with Gasteiger partial charge in [0.25, 0.3) is 0 Å². The van der Waals surface area contributed by atoms with E-state index in [0.29, 0.717) is 13.1 Å². The van der Waals surface area contributed by atoms with Crippen molar-refractivity contribution < 1.29 is 13.2 Å². The Morgan fingerprint density at radius 2 is 1.17 bits per heavy atom. The summed E-state index contributed by atoms with van der Waals surface area (Å²) in [7, 11) is 0. The molecule has 0 aliphatic carbocycles. The molecular formula is C13H29F3N2. The number of rotatable bonds is 2. The van der Waals surface area contributed by atoms with E-state index >= 15 is 0 Å². The van der Waals surface area contributed by atoms with Gasteiger partial charge in [-0.1, -0.05) is 41.0 Å². The summed E-state index contributed by atoms with van der Waals surface area (Å²) in [5.41, 5.74) is 0. The summed E-state index contributed by atoms with van der Waals surface area (Å²) in [5, 5.41) is 0. The number of piperazine rings is 1. The zero-order valence-electron chi connectivity index (χ0n) is 12.5. The Bertz CT molecular complexity index is 164. The Morgan fingerprint density at radius 3 is 1.44 bits per heavy atom. The van der Waals surface area contributed by atoms with E-state index in [-0.39, 0.29) is 0 Å². The van der Waals surface area contributed by atoms with Crippen molar-refractivity contribution in [3.05, 3.63) is 0 Å². The molecule has 1 heterocycles. The Kier molecular flexibility index (Phi) is 13.1. The highest BCUT2D eigenvalue weighted by atomic mass is 19.4. The standard InChI is InChI=1S/C8H15F3N2.C3H8.C2H6/c1-2-12-3-5-13(6-4-12)7-8(9,10)11;1-3-2;1-2/h2-7H2,1H3;3H2,1-2H3;1-2H3. The molecule has 0 aromatic rings. The van der Waals surface area contributed by atoms with Crippen LogP contribution in [0.15, 0.2) is 0 Å². The number of hydrogen-bond acceptors (Lipinski definition) is 2. The molecule has 1 aliphatic heterocycles. The van der Waals surface area contributed by atoms with E-state index in [1.807, 2.05) is 20.8 Å². The van der Waals surface area contributed by atoms with Gasteiger partial charge in [0.05, 0.1) is 6.54 Å². The average Bonchev–Trinajstić information content (AvgIpc) is 2.32. The molecule has 0 unspecified atom stereocenters. The largest absolute Gasteiger partial charge is 0.401 e. The summed E-state index contributed by atoms with van der Waals surface area (Å²) in [5.74, 6) is 0. The van der Waals surface area contributed by atoms with Crippen LogP contribution in [0.4, 0.5) is 13.2 Å². The molecule has 0 atom stereocenters. The maximum Gasteiger partial charge on any atom is 0.401 e. The van der Waals surface area contributed by atoms with Gasteiger partial charge in [-0.05, 0) is 6.54 Å². The van der Waals surface area contributed by atoms with E-state index in [1.54, 1.807) is 0 Å². The second kappa shape index (κ2) is 11.8. The van der Waals surface area contributed by atoms with Gasteiger partial charge < -0.3 is 4.90 Å². The molecule has 0 aromatic carbocycles. The first-order valence-electron chi connectivity index (χ1n) is 6.94. The van der Waals surface area contributed by atoms with Gasteiger partial charge in [0, 0.05) is 26.2 Å². The van der Waals surface area contributed by atoms with Crippen LogP contribution >= 0.6 is 0 Å². The Hall–Kier alpha value is -0.290. The van der Waals surface area contributed by atoms with Crippen molar-refractivity contribution in [2.24, 2.45) is 0 Å². The van der Waals surface area contributed by atoms with Gasteiger partial charge >= 0.3 is 6.18 Å². The van der Waals surface area contributed by atoms with Crippen LogP contribution in [0.5, 0.6) is 0 Å². The van der Waals surface area contributed by atoms with Gasteiger partial charge in [-0.3, -0.25) is 4.90 Å². The van der Waals surface area contributed by atoms with E-state index in [1.165, 1.54) is 11.3 Å². The molecule has 1 aliphatic rings.